The molecule has 1 unspecified atom stereocenters. The van der Waals surface area contributed by atoms with E-state index >= 15 is 0 Å². The molecule has 0 aromatic carbocycles. The van der Waals surface area contributed by atoms with Gasteiger partial charge < -0.3 is 5.32 Å². The molecule has 1 heterocycles. The summed E-state index contributed by atoms with van der Waals surface area (Å²) < 4.78 is 0. The first-order valence-electron chi connectivity index (χ1n) is 5.54. The van der Waals surface area contributed by atoms with Gasteiger partial charge in [0.25, 0.3) is 0 Å². The van der Waals surface area contributed by atoms with E-state index in [-0.39, 0.29) is 5.91 Å². The van der Waals surface area contributed by atoms with Crippen LogP contribution in [0.5, 0.6) is 0 Å². The molecule has 2 fully saturated rings. The number of thioether (sulfide) groups is 1. The Morgan fingerprint density at radius 3 is 2.87 bits per heavy atom. The number of hydrogen-bond donors (Lipinski definition) is 1. The predicted octanol–water partition coefficient (Wildman–Crippen LogP) is 1.55. The maximum Gasteiger partial charge on any atom is 0.240 e. The molecular formula is C11H16N2OS. The van der Waals surface area contributed by atoms with Gasteiger partial charge in [-0.3, -0.25) is 4.79 Å². The molecule has 0 aromatic heterocycles. The van der Waals surface area contributed by atoms with Crippen molar-refractivity contribution in [2.75, 3.05) is 18.1 Å². The molecule has 82 valence electrons. The summed E-state index contributed by atoms with van der Waals surface area (Å²) >= 11 is 1.95. The van der Waals surface area contributed by atoms with E-state index in [4.69, 9.17) is 5.26 Å². The molecule has 1 N–H and O–H groups in total. The molecule has 1 saturated carbocycles. The molecule has 1 saturated heterocycles. The Labute approximate surface area is 94.6 Å². The monoisotopic (exact) mass is 224 g/mol. The van der Waals surface area contributed by atoms with Gasteiger partial charge >= 0.3 is 0 Å². The minimum Gasteiger partial charge on any atom is -0.354 e. The molecule has 1 aliphatic heterocycles. The summed E-state index contributed by atoms with van der Waals surface area (Å²) in [4.78, 5) is 11.8. The van der Waals surface area contributed by atoms with Gasteiger partial charge in [-0.1, -0.05) is 0 Å². The number of amides is 1. The molecule has 0 bridgehead atoms. The number of hydrogen-bond acceptors (Lipinski definition) is 3. The maximum absolute atomic E-state index is 11.8. The molecule has 2 rings (SSSR count). The fraction of sp³-hybridized carbons (Fsp3) is 0.818. The molecule has 0 radical (unpaired) electrons. The van der Waals surface area contributed by atoms with Crippen LogP contribution >= 0.6 is 11.8 Å². The second kappa shape index (κ2) is 4.44. The van der Waals surface area contributed by atoms with Crippen molar-refractivity contribution in [2.24, 2.45) is 11.3 Å². The summed E-state index contributed by atoms with van der Waals surface area (Å²) in [5, 5.41) is 11.9. The lowest BCUT2D eigenvalue weighted by atomic mass is 9.69. The summed E-state index contributed by atoms with van der Waals surface area (Å²) in [6.45, 7) is 0.759. The van der Waals surface area contributed by atoms with Crippen LogP contribution in [0.3, 0.4) is 0 Å². The maximum atomic E-state index is 11.8. The van der Waals surface area contributed by atoms with Crippen LogP contribution in [-0.2, 0) is 4.79 Å². The fourth-order valence-corrected chi connectivity index (χ4v) is 3.36. The topological polar surface area (TPSA) is 52.9 Å². The third kappa shape index (κ3) is 2.12. The summed E-state index contributed by atoms with van der Waals surface area (Å²) in [5.41, 5.74) is -0.675. The number of nitrogens with one attached hydrogen (secondary N) is 1. The lowest BCUT2D eigenvalue weighted by Crippen LogP contribution is -2.46. The summed E-state index contributed by atoms with van der Waals surface area (Å²) in [6, 6.07) is 2.17. The van der Waals surface area contributed by atoms with E-state index in [0.29, 0.717) is 5.92 Å². The van der Waals surface area contributed by atoms with Gasteiger partial charge in [0.05, 0.1) is 6.07 Å². The largest absolute Gasteiger partial charge is 0.354 e. The van der Waals surface area contributed by atoms with Crippen molar-refractivity contribution in [1.29, 1.82) is 5.26 Å². The highest BCUT2D eigenvalue weighted by Gasteiger charge is 2.44. The van der Waals surface area contributed by atoms with Crippen LogP contribution < -0.4 is 5.32 Å². The van der Waals surface area contributed by atoms with Gasteiger partial charge in [0.2, 0.25) is 5.91 Å². The van der Waals surface area contributed by atoms with Gasteiger partial charge in [0.1, 0.15) is 5.41 Å². The molecule has 1 aliphatic carbocycles. The van der Waals surface area contributed by atoms with Crippen molar-refractivity contribution in [3.05, 3.63) is 0 Å². The van der Waals surface area contributed by atoms with E-state index in [1.54, 1.807) is 0 Å². The summed E-state index contributed by atoms with van der Waals surface area (Å²) in [6.07, 6.45) is 3.70. The highest BCUT2D eigenvalue weighted by molar-refractivity contribution is 7.99. The number of nitrogens with zero attached hydrogens (tertiary/aromatic N) is 1. The van der Waals surface area contributed by atoms with Gasteiger partial charge in [0.15, 0.2) is 0 Å². The molecular weight excluding hydrogens is 208 g/mol. The molecule has 0 aromatic rings. The van der Waals surface area contributed by atoms with Crippen molar-refractivity contribution in [2.45, 2.75) is 25.7 Å². The van der Waals surface area contributed by atoms with Crippen molar-refractivity contribution in [3.8, 4) is 6.07 Å². The second-order valence-electron chi connectivity index (χ2n) is 4.49. The Morgan fingerprint density at radius 1 is 1.60 bits per heavy atom. The molecule has 2 aliphatic rings. The zero-order chi connectivity index (χ0) is 10.7. The predicted molar refractivity (Wildman–Crippen MR) is 60.3 cm³/mol. The zero-order valence-electron chi connectivity index (χ0n) is 8.79. The van der Waals surface area contributed by atoms with E-state index in [9.17, 15) is 4.79 Å². The Bertz CT molecular complexity index is 287. The number of carbonyl (C=O) groups excluding carboxylic acids is 1. The molecule has 0 spiro atoms. The average Bonchev–Trinajstić information content (AvgIpc) is 2.66. The average molecular weight is 224 g/mol. The van der Waals surface area contributed by atoms with Gasteiger partial charge in [-0.25, -0.2) is 0 Å². The van der Waals surface area contributed by atoms with Gasteiger partial charge in [-0.15, -0.1) is 0 Å². The Balaban J connectivity index is 1.79. The van der Waals surface area contributed by atoms with Crippen LogP contribution in [-0.4, -0.2) is 24.0 Å². The van der Waals surface area contributed by atoms with E-state index in [1.165, 1.54) is 12.2 Å². The second-order valence-corrected chi connectivity index (χ2v) is 5.64. The van der Waals surface area contributed by atoms with Crippen LogP contribution in [0.15, 0.2) is 0 Å². The van der Waals surface area contributed by atoms with Crippen LogP contribution in [0.4, 0.5) is 0 Å². The third-order valence-corrected chi connectivity index (χ3v) is 4.66. The van der Waals surface area contributed by atoms with Crippen molar-refractivity contribution < 1.29 is 4.79 Å². The quantitative estimate of drug-likeness (QED) is 0.791. The highest BCUT2D eigenvalue weighted by Crippen LogP contribution is 2.40. The first-order chi connectivity index (χ1) is 7.27. The molecule has 3 nitrogen and oxygen atoms in total. The van der Waals surface area contributed by atoms with Crippen molar-refractivity contribution in [3.63, 3.8) is 0 Å². The number of nitriles is 1. The fourth-order valence-electron chi connectivity index (χ4n) is 2.07. The first-order valence-corrected chi connectivity index (χ1v) is 6.70. The number of carbonyl (C=O) groups is 1. The van der Waals surface area contributed by atoms with Gasteiger partial charge in [0, 0.05) is 6.54 Å². The lowest BCUT2D eigenvalue weighted by Gasteiger charge is -2.33. The van der Waals surface area contributed by atoms with Crippen LogP contribution in [0.2, 0.25) is 0 Å². The van der Waals surface area contributed by atoms with Gasteiger partial charge in [-0.05, 0) is 43.1 Å². The summed E-state index contributed by atoms with van der Waals surface area (Å²) in [7, 11) is 0. The number of rotatable bonds is 3. The van der Waals surface area contributed by atoms with E-state index in [0.717, 1.165) is 31.6 Å². The van der Waals surface area contributed by atoms with E-state index in [2.05, 4.69) is 11.4 Å². The highest BCUT2D eigenvalue weighted by atomic mass is 32.2. The molecule has 15 heavy (non-hydrogen) atoms. The van der Waals surface area contributed by atoms with Crippen LogP contribution in [0.1, 0.15) is 25.7 Å². The minimum atomic E-state index is -0.675. The minimum absolute atomic E-state index is 0.0341. The smallest absolute Gasteiger partial charge is 0.240 e. The van der Waals surface area contributed by atoms with Crippen molar-refractivity contribution >= 4 is 17.7 Å². The SMILES string of the molecule is N#CC1(C(=O)NCC2CCSC2)CCC1. The Morgan fingerprint density at radius 2 is 2.40 bits per heavy atom. The third-order valence-electron chi connectivity index (χ3n) is 3.43. The standard InChI is InChI=1S/C11H16N2OS/c12-8-11(3-1-4-11)10(14)13-6-9-2-5-15-7-9/h9H,1-7H2,(H,13,14). The molecule has 1 amide bonds. The van der Waals surface area contributed by atoms with E-state index < -0.39 is 5.41 Å². The first kappa shape index (κ1) is 10.8. The Kier molecular flexibility index (Phi) is 3.20. The lowest BCUT2D eigenvalue weighted by molar-refractivity contribution is -0.131. The van der Waals surface area contributed by atoms with E-state index in [1.807, 2.05) is 11.8 Å². The van der Waals surface area contributed by atoms with Crippen LogP contribution in [0.25, 0.3) is 0 Å². The zero-order valence-corrected chi connectivity index (χ0v) is 9.61. The molecule has 4 heteroatoms. The Hall–Kier alpha value is -0.690. The molecule has 1 atom stereocenters. The summed E-state index contributed by atoms with van der Waals surface area (Å²) in [5.74, 6) is 2.95. The van der Waals surface area contributed by atoms with Crippen molar-refractivity contribution in [1.82, 2.24) is 5.32 Å². The van der Waals surface area contributed by atoms with Crippen LogP contribution in [0, 0.1) is 22.7 Å². The van der Waals surface area contributed by atoms with Gasteiger partial charge in [-0.2, -0.15) is 17.0 Å². The normalized spacial score (nSPS) is 27.8.